The van der Waals surface area contributed by atoms with Crippen molar-refractivity contribution in [1.29, 1.82) is 5.26 Å². The monoisotopic (exact) mass is 431 g/mol. The number of anilines is 1. The number of carbonyl (C=O) groups is 1. The summed E-state index contributed by atoms with van der Waals surface area (Å²) in [4.78, 5) is 11.9. The molecule has 0 aliphatic carbocycles. The first-order valence-electron chi connectivity index (χ1n) is 10.1. The smallest absolute Gasteiger partial charge is 0.338 e. The Labute approximate surface area is 184 Å². The number of nitrogens with zero attached hydrogens (tertiary/aromatic N) is 3. The minimum absolute atomic E-state index is 0.0509. The van der Waals surface area contributed by atoms with Gasteiger partial charge in [-0.15, -0.1) is 0 Å². The third-order valence-electron chi connectivity index (χ3n) is 5.23. The molecule has 0 N–H and O–H groups in total. The molecule has 0 aromatic heterocycles. The first-order valence-corrected chi connectivity index (χ1v) is 10.1. The van der Waals surface area contributed by atoms with Crippen LogP contribution in [0.4, 0.5) is 14.5 Å². The van der Waals surface area contributed by atoms with Crippen LogP contribution in [0, 0.1) is 23.0 Å². The van der Waals surface area contributed by atoms with Crippen molar-refractivity contribution < 1.29 is 18.3 Å². The van der Waals surface area contributed by atoms with Gasteiger partial charge in [-0.2, -0.15) is 10.4 Å². The number of ether oxygens (including phenoxy) is 1. The molecule has 1 heterocycles. The molecule has 5 nitrogen and oxygen atoms in total. The molecule has 7 heteroatoms. The molecule has 3 aromatic carbocycles. The molecule has 160 valence electrons. The number of rotatable bonds is 5. The molecule has 0 radical (unpaired) electrons. The van der Waals surface area contributed by atoms with Crippen molar-refractivity contribution in [2.75, 3.05) is 11.6 Å². The van der Waals surface area contributed by atoms with E-state index in [4.69, 9.17) is 15.1 Å². The summed E-state index contributed by atoms with van der Waals surface area (Å²) in [6.07, 6.45) is 0.492. The number of esters is 1. The molecule has 4 rings (SSSR count). The third-order valence-corrected chi connectivity index (χ3v) is 5.23. The maximum absolute atomic E-state index is 14.3. The summed E-state index contributed by atoms with van der Waals surface area (Å²) in [6.45, 7) is 2.04. The number of hydrazone groups is 1. The molecule has 1 unspecified atom stereocenters. The highest BCUT2D eigenvalue weighted by Crippen LogP contribution is 2.37. The van der Waals surface area contributed by atoms with E-state index in [1.807, 2.05) is 6.07 Å². The van der Waals surface area contributed by atoms with Crippen LogP contribution < -0.4 is 5.01 Å². The van der Waals surface area contributed by atoms with E-state index in [0.717, 1.165) is 16.8 Å². The Bertz CT molecular complexity index is 1220. The fourth-order valence-corrected chi connectivity index (χ4v) is 3.62. The zero-order chi connectivity index (χ0) is 22.7. The minimum Gasteiger partial charge on any atom is -0.462 e. The summed E-state index contributed by atoms with van der Waals surface area (Å²) in [7, 11) is 0. The predicted octanol–water partition coefficient (Wildman–Crippen LogP) is 5.37. The molecule has 1 aliphatic heterocycles. The van der Waals surface area contributed by atoms with Crippen LogP contribution in [0.3, 0.4) is 0 Å². The Kier molecular flexibility index (Phi) is 5.95. The molecular weight excluding hydrogens is 412 g/mol. The topological polar surface area (TPSA) is 65.7 Å². The lowest BCUT2D eigenvalue weighted by molar-refractivity contribution is 0.0526. The van der Waals surface area contributed by atoms with Gasteiger partial charge in [-0.25, -0.2) is 13.6 Å². The third kappa shape index (κ3) is 4.21. The fourth-order valence-electron chi connectivity index (χ4n) is 3.62. The van der Waals surface area contributed by atoms with E-state index in [-0.39, 0.29) is 17.4 Å². The average Bonchev–Trinajstić information content (AvgIpc) is 3.25. The van der Waals surface area contributed by atoms with Gasteiger partial charge in [0.05, 0.1) is 35.2 Å². The highest BCUT2D eigenvalue weighted by atomic mass is 19.1. The molecule has 0 bridgehead atoms. The summed E-state index contributed by atoms with van der Waals surface area (Å²) in [5.41, 5.74) is 3.23. The number of hydrogen-bond donors (Lipinski definition) is 0. The van der Waals surface area contributed by atoms with Crippen LogP contribution in [0.2, 0.25) is 0 Å². The van der Waals surface area contributed by atoms with Gasteiger partial charge in [-0.05, 0) is 54.4 Å². The molecule has 1 aliphatic rings. The number of halogens is 2. The first kappa shape index (κ1) is 21.2. The molecule has 0 spiro atoms. The van der Waals surface area contributed by atoms with Gasteiger partial charge in [0.1, 0.15) is 17.7 Å². The molecular formula is C25H19F2N3O2. The summed E-state index contributed by atoms with van der Waals surface area (Å²) in [5.74, 6) is -1.38. The summed E-state index contributed by atoms with van der Waals surface area (Å²) in [6, 6.07) is 18.9. The summed E-state index contributed by atoms with van der Waals surface area (Å²) >= 11 is 0. The van der Waals surface area contributed by atoms with E-state index >= 15 is 0 Å². The Morgan fingerprint density at radius 1 is 1.12 bits per heavy atom. The Hall–Kier alpha value is -4.05. The lowest BCUT2D eigenvalue weighted by Gasteiger charge is -2.24. The van der Waals surface area contributed by atoms with Crippen LogP contribution in [-0.4, -0.2) is 18.3 Å². The second-order valence-electron chi connectivity index (χ2n) is 7.24. The average molecular weight is 431 g/mol. The van der Waals surface area contributed by atoms with Gasteiger partial charge in [0, 0.05) is 12.5 Å². The van der Waals surface area contributed by atoms with E-state index in [9.17, 15) is 13.6 Å². The van der Waals surface area contributed by atoms with Crippen molar-refractivity contribution >= 4 is 17.4 Å². The zero-order valence-corrected chi connectivity index (χ0v) is 17.3. The molecule has 0 fully saturated rings. The quantitative estimate of drug-likeness (QED) is 0.510. The Balaban J connectivity index is 1.70. The van der Waals surface area contributed by atoms with E-state index in [1.54, 1.807) is 54.4 Å². The van der Waals surface area contributed by atoms with Crippen LogP contribution in [-0.2, 0) is 4.74 Å². The molecule has 1 atom stereocenters. The maximum atomic E-state index is 14.3. The molecule has 32 heavy (non-hydrogen) atoms. The van der Waals surface area contributed by atoms with Crippen LogP contribution in [0.25, 0.3) is 0 Å². The van der Waals surface area contributed by atoms with Gasteiger partial charge in [0.2, 0.25) is 0 Å². The summed E-state index contributed by atoms with van der Waals surface area (Å²) in [5, 5.41) is 15.4. The van der Waals surface area contributed by atoms with Crippen molar-refractivity contribution in [3.8, 4) is 6.07 Å². The van der Waals surface area contributed by atoms with Crippen molar-refractivity contribution in [3.63, 3.8) is 0 Å². The largest absolute Gasteiger partial charge is 0.462 e. The molecule has 0 saturated heterocycles. The first-order chi connectivity index (χ1) is 15.5. The van der Waals surface area contributed by atoms with Gasteiger partial charge in [0.25, 0.3) is 0 Å². The van der Waals surface area contributed by atoms with Gasteiger partial charge in [0.15, 0.2) is 0 Å². The lowest BCUT2D eigenvalue weighted by Crippen LogP contribution is -2.18. The molecule has 3 aromatic rings. The van der Waals surface area contributed by atoms with Crippen molar-refractivity contribution in [1.82, 2.24) is 0 Å². The Morgan fingerprint density at radius 3 is 2.47 bits per heavy atom. The molecule has 0 amide bonds. The second kappa shape index (κ2) is 8.98. The van der Waals surface area contributed by atoms with Crippen LogP contribution in [0.15, 0.2) is 71.8 Å². The van der Waals surface area contributed by atoms with E-state index in [1.165, 1.54) is 24.3 Å². The zero-order valence-electron chi connectivity index (χ0n) is 17.3. The van der Waals surface area contributed by atoms with Gasteiger partial charge < -0.3 is 4.74 Å². The van der Waals surface area contributed by atoms with Gasteiger partial charge in [-0.3, -0.25) is 5.01 Å². The van der Waals surface area contributed by atoms with Crippen LogP contribution in [0.1, 0.15) is 46.4 Å². The van der Waals surface area contributed by atoms with Crippen LogP contribution >= 0.6 is 0 Å². The van der Waals surface area contributed by atoms with Crippen molar-refractivity contribution in [2.24, 2.45) is 5.10 Å². The standard InChI is InChI=1S/C25H19F2N3O2/c1-2-32-25(31)18-5-3-16(4-6-18)23-14-24(17-7-10-20(26)11-8-17)30(29-23)21-12-9-19(15-28)22(27)13-21/h3-13,24H,2,14H2,1H3. The minimum atomic E-state index is -0.634. The predicted molar refractivity (Wildman–Crippen MR) is 116 cm³/mol. The number of nitriles is 1. The van der Waals surface area contributed by atoms with E-state index in [0.29, 0.717) is 24.3 Å². The lowest BCUT2D eigenvalue weighted by atomic mass is 9.97. The highest BCUT2D eigenvalue weighted by Gasteiger charge is 2.30. The number of benzene rings is 3. The Morgan fingerprint density at radius 2 is 1.84 bits per heavy atom. The number of hydrogen-bond acceptors (Lipinski definition) is 5. The van der Waals surface area contributed by atoms with Crippen molar-refractivity contribution in [2.45, 2.75) is 19.4 Å². The fraction of sp³-hybridized carbons (Fsp3) is 0.160. The summed E-state index contributed by atoms with van der Waals surface area (Å²) < 4.78 is 32.8. The second-order valence-corrected chi connectivity index (χ2v) is 7.24. The van der Waals surface area contributed by atoms with Crippen LogP contribution in [0.5, 0.6) is 0 Å². The van der Waals surface area contributed by atoms with Gasteiger partial charge >= 0.3 is 5.97 Å². The van der Waals surface area contributed by atoms with Gasteiger partial charge in [-0.1, -0.05) is 24.3 Å². The van der Waals surface area contributed by atoms with E-state index in [2.05, 4.69) is 0 Å². The number of carbonyl (C=O) groups excluding carboxylic acids is 1. The molecule has 0 saturated carbocycles. The normalized spacial score (nSPS) is 15.2. The SMILES string of the molecule is CCOC(=O)c1ccc(C2=NN(c3ccc(C#N)c(F)c3)C(c3ccc(F)cc3)C2)cc1. The maximum Gasteiger partial charge on any atom is 0.338 e. The van der Waals surface area contributed by atoms with Crippen molar-refractivity contribution in [3.05, 3.63) is 101 Å². The highest BCUT2D eigenvalue weighted by molar-refractivity contribution is 6.04. The van der Waals surface area contributed by atoms with E-state index < -0.39 is 11.8 Å².